The Morgan fingerprint density at radius 2 is 1.72 bits per heavy atom. The maximum atomic E-state index is 11.0. The van der Waals surface area contributed by atoms with Crippen LogP contribution in [0.4, 0.5) is 4.79 Å². The van der Waals surface area contributed by atoms with E-state index in [4.69, 9.17) is 22.1 Å². The molecule has 32 heavy (non-hydrogen) atoms. The van der Waals surface area contributed by atoms with E-state index in [0.717, 1.165) is 57.9 Å². The van der Waals surface area contributed by atoms with Crippen molar-refractivity contribution < 1.29 is 14.6 Å². The van der Waals surface area contributed by atoms with Crippen LogP contribution in [0.1, 0.15) is 30.9 Å². The highest BCUT2D eigenvalue weighted by atomic mass is 32.1. The first-order valence-electron chi connectivity index (χ1n) is 10.8. The standard InChI is InChI=1S/C27H25NO3S/c1-2-3-8-21-18-28(24-11-6-4-10-23(24)26(21)32)17-19-13-15-20(16-14-19)22-9-5-7-12-25(22)31-27(29)30/h4-7,9-16,18H,2-3,8,17H2,1H3,(H,29,30). The van der Waals surface area contributed by atoms with Crippen molar-refractivity contribution in [2.75, 3.05) is 0 Å². The number of ether oxygens (including phenoxy) is 1. The van der Waals surface area contributed by atoms with Crippen molar-refractivity contribution in [2.24, 2.45) is 0 Å². The van der Waals surface area contributed by atoms with Crippen LogP contribution in [-0.2, 0) is 13.0 Å². The Hall–Kier alpha value is -3.44. The molecule has 0 amide bonds. The van der Waals surface area contributed by atoms with Gasteiger partial charge in [-0.1, -0.05) is 86.2 Å². The first kappa shape index (κ1) is 21.8. The Morgan fingerprint density at radius 1 is 1.00 bits per heavy atom. The first-order chi connectivity index (χ1) is 15.6. The molecule has 0 saturated heterocycles. The number of hydrogen-bond donors (Lipinski definition) is 1. The highest BCUT2D eigenvalue weighted by molar-refractivity contribution is 7.71. The molecule has 0 bridgehead atoms. The topological polar surface area (TPSA) is 51.5 Å². The van der Waals surface area contributed by atoms with Gasteiger partial charge in [0.05, 0.1) is 4.51 Å². The maximum Gasteiger partial charge on any atom is 0.511 e. The maximum absolute atomic E-state index is 11.0. The zero-order chi connectivity index (χ0) is 22.5. The number of aromatic nitrogens is 1. The van der Waals surface area contributed by atoms with Crippen molar-refractivity contribution in [2.45, 2.75) is 32.7 Å². The Balaban J connectivity index is 1.67. The van der Waals surface area contributed by atoms with Gasteiger partial charge in [-0.2, -0.15) is 0 Å². The summed E-state index contributed by atoms with van der Waals surface area (Å²) in [5, 5.41) is 10.1. The van der Waals surface area contributed by atoms with Gasteiger partial charge in [-0.05, 0) is 41.7 Å². The Bertz CT molecular complexity index is 1310. The SMILES string of the molecule is CCCCc1cn(Cc2ccc(-c3ccccc3OC(=O)O)cc2)c2ccccc2c1=S. The van der Waals surface area contributed by atoms with E-state index in [1.165, 1.54) is 5.56 Å². The molecule has 0 aliphatic rings. The molecule has 5 heteroatoms. The molecule has 4 nitrogen and oxygen atoms in total. The third kappa shape index (κ3) is 4.73. The van der Waals surface area contributed by atoms with E-state index in [1.54, 1.807) is 12.1 Å². The summed E-state index contributed by atoms with van der Waals surface area (Å²) in [4.78, 5) is 11.0. The number of hydrogen-bond acceptors (Lipinski definition) is 3. The van der Waals surface area contributed by atoms with Gasteiger partial charge in [0.25, 0.3) is 0 Å². The molecule has 0 saturated carbocycles. The zero-order valence-corrected chi connectivity index (χ0v) is 18.8. The summed E-state index contributed by atoms with van der Waals surface area (Å²) in [5.74, 6) is 0.328. The first-order valence-corrected chi connectivity index (χ1v) is 11.2. The largest absolute Gasteiger partial charge is 0.511 e. The second-order valence-electron chi connectivity index (χ2n) is 7.79. The molecule has 4 aromatic rings. The molecule has 0 radical (unpaired) electrons. The van der Waals surface area contributed by atoms with E-state index in [1.807, 2.05) is 36.4 Å². The number of aryl methyl sites for hydroxylation is 1. The lowest BCUT2D eigenvalue weighted by Gasteiger charge is -2.15. The zero-order valence-electron chi connectivity index (χ0n) is 18.0. The molecule has 1 aromatic heterocycles. The van der Waals surface area contributed by atoms with E-state index >= 15 is 0 Å². The summed E-state index contributed by atoms with van der Waals surface area (Å²) < 4.78 is 8.16. The molecule has 1 heterocycles. The smallest absolute Gasteiger partial charge is 0.449 e. The molecule has 162 valence electrons. The number of fused-ring (bicyclic) bond motifs is 1. The van der Waals surface area contributed by atoms with Gasteiger partial charge in [0, 0.05) is 29.2 Å². The third-order valence-corrected chi connectivity index (χ3v) is 6.05. The van der Waals surface area contributed by atoms with Gasteiger partial charge in [-0.3, -0.25) is 0 Å². The third-order valence-electron chi connectivity index (χ3n) is 5.56. The molecule has 0 fully saturated rings. The van der Waals surface area contributed by atoms with E-state index in [9.17, 15) is 4.79 Å². The lowest BCUT2D eigenvalue weighted by Crippen LogP contribution is -2.05. The number of pyridine rings is 1. The van der Waals surface area contributed by atoms with E-state index in [2.05, 4.69) is 42.0 Å². The molecule has 0 atom stereocenters. The lowest BCUT2D eigenvalue weighted by molar-refractivity contribution is 0.144. The van der Waals surface area contributed by atoms with Gasteiger partial charge in [0.15, 0.2) is 0 Å². The van der Waals surface area contributed by atoms with Crippen LogP contribution < -0.4 is 4.74 Å². The number of nitrogens with zero attached hydrogens (tertiary/aromatic N) is 1. The second-order valence-corrected chi connectivity index (χ2v) is 8.20. The number of unbranched alkanes of at least 4 members (excludes halogenated alkanes) is 1. The average Bonchev–Trinajstić information content (AvgIpc) is 2.81. The van der Waals surface area contributed by atoms with Gasteiger partial charge in [0.2, 0.25) is 0 Å². The minimum absolute atomic E-state index is 0.328. The number of carboxylic acid groups (broad SMARTS) is 1. The lowest BCUT2D eigenvalue weighted by atomic mass is 10.0. The van der Waals surface area contributed by atoms with Crippen molar-refractivity contribution in [3.05, 3.63) is 94.6 Å². The van der Waals surface area contributed by atoms with Gasteiger partial charge in [-0.15, -0.1) is 0 Å². The van der Waals surface area contributed by atoms with Crippen molar-refractivity contribution in [1.29, 1.82) is 0 Å². The Kier molecular flexibility index (Phi) is 6.66. The van der Waals surface area contributed by atoms with E-state index in [-0.39, 0.29) is 0 Å². The van der Waals surface area contributed by atoms with E-state index < -0.39 is 6.16 Å². The van der Waals surface area contributed by atoms with Crippen LogP contribution in [0.5, 0.6) is 5.75 Å². The highest BCUT2D eigenvalue weighted by Crippen LogP contribution is 2.30. The predicted molar refractivity (Wildman–Crippen MR) is 131 cm³/mol. The number of benzene rings is 3. The fourth-order valence-corrected chi connectivity index (χ4v) is 4.28. The van der Waals surface area contributed by atoms with E-state index in [0.29, 0.717) is 5.75 Å². The fraction of sp³-hybridized carbons (Fsp3) is 0.185. The number of rotatable bonds is 7. The molecule has 0 aliphatic carbocycles. The molecule has 0 spiro atoms. The summed E-state index contributed by atoms with van der Waals surface area (Å²) in [6.07, 6.45) is 4.12. The summed E-state index contributed by atoms with van der Waals surface area (Å²) in [6, 6.07) is 23.6. The molecule has 1 N–H and O–H groups in total. The summed E-state index contributed by atoms with van der Waals surface area (Å²) in [5.41, 5.74) is 5.15. The minimum Gasteiger partial charge on any atom is -0.449 e. The Labute approximate surface area is 192 Å². The predicted octanol–water partition coefficient (Wildman–Crippen LogP) is 7.49. The van der Waals surface area contributed by atoms with Gasteiger partial charge < -0.3 is 14.4 Å². The summed E-state index contributed by atoms with van der Waals surface area (Å²) >= 11 is 5.78. The monoisotopic (exact) mass is 443 g/mol. The van der Waals surface area contributed by atoms with Crippen molar-refractivity contribution in [3.63, 3.8) is 0 Å². The van der Waals surface area contributed by atoms with Crippen LogP contribution in [0.2, 0.25) is 0 Å². The van der Waals surface area contributed by atoms with Crippen molar-refractivity contribution >= 4 is 29.3 Å². The molecular formula is C27H25NO3S. The van der Waals surface area contributed by atoms with Crippen molar-refractivity contribution in [3.8, 4) is 16.9 Å². The molecule has 4 rings (SSSR count). The number of carbonyl (C=O) groups is 1. The van der Waals surface area contributed by atoms with Crippen LogP contribution in [0.3, 0.4) is 0 Å². The van der Waals surface area contributed by atoms with Crippen LogP contribution in [0.15, 0.2) is 79.0 Å². The molecule has 0 unspecified atom stereocenters. The Morgan fingerprint density at radius 3 is 2.47 bits per heavy atom. The van der Waals surface area contributed by atoms with Crippen LogP contribution in [0.25, 0.3) is 22.0 Å². The summed E-state index contributed by atoms with van der Waals surface area (Å²) in [7, 11) is 0. The summed E-state index contributed by atoms with van der Waals surface area (Å²) in [6.45, 7) is 2.92. The average molecular weight is 444 g/mol. The fourth-order valence-electron chi connectivity index (χ4n) is 3.96. The highest BCUT2D eigenvalue weighted by Gasteiger charge is 2.10. The normalized spacial score (nSPS) is 10.9. The van der Waals surface area contributed by atoms with Crippen molar-refractivity contribution in [1.82, 2.24) is 4.57 Å². The minimum atomic E-state index is -1.32. The molecular weight excluding hydrogens is 418 g/mol. The quantitative estimate of drug-likeness (QED) is 0.183. The van der Waals surface area contributed by atoms with Gasteiger partial charge in [-0.25, -0.2) is 4.79 Å². The van der Waals surface area contributed by atoms with Crippen LogP contribution in [-0.4, -0.2) is 15.8 Å². The second kappa shape index (κ2) is 9.79. The molecule has 0 aliphatic heterocycles. The van der Waals surface area contributed by atoms with Crippen LogP contribution >= 0.6 is 12.2 Å². The van der Waals surface area contributed by atoms with Gasteiger partial charge in [0.1, 0.15) is 5.75 Å². The van der Waals surface area contributed by atoms with Gasteiger partial charge >= 0.3 is 6.16 Å². The van der Waals surface area contributed by atoms with Crippen LogP contribution in [0, 0.1) is 4.51 Å². The number of para-hydroxylation sites is 2. The molecule has 3 aromatic carbocycles.